The summed E-state index contributed by atoms with van der Waals surface area (Å²) in [5, 5.41) is 4.48. The van der Waals surface area contributed by atoms with E-state index in [9.17, 15) is 8.42 Å². The van der Waals surface area contributed by atoms with Gasteiger partial charge in [-0.15, -0.1) is 0 Å². The highest BCUT2D eigenvalue weighted by atomic mass is 32.2. The maximum absolute atomic E-state index is 12.6. The van der Waals surface area contributed by atoms with Crippen molar-refractivity contribution < 1.29 is 8.42 Å². The van der Waals surface area contributed by atoms with Crippen LogP contribution in [-0.4, -0.2) is 14.1 Å². The molecule has 1 aromatic carbocycles. The Kier molecular flexibility index (Phi) is 4.18. The van der Waals surface area contributed by atoms with Crippen molar-refractivity contribution in [2.24, 2.45) is 28.3 Å². The van der Waals surface area contributed by atoms with E-state index in [1.807, 2.05) is 19.1 Å². The number of nitrogens with one attached hydrogen (secondary N) is 1. The van der Waals surface area contributed by atoms with Crippen LogP contribution in [0.25, 0.3) is 0 Å². The average Bonchev–Trinajstić information content (AvgIpc) is 2.54. The largest absolute Gasteiger partial charge is 0.276 e. The molecule has 4 bridgehead atoms. The van der Waals surface area contributed by atoms with Crippen LogP contribution in [0.15, 0.2) is 34.3 Å². The number of rotatable bonds is 5. The predicted molar refractivity (Wildman–Crippen MR) is 99.8 cm³/mol. The number of nitrogens with zero attached hydrogens (tertiary/aromatic N) is 1. The Bertz CT molecular complexity index is 745. The lowest BCUT2D eigenvalue weighted by atomic mass is 9.48. The first-order chi connectivity index (χ1) is 11.9. The molecule has 0 radical (unpaired) electrons. The number of hydrogen-bond donors (Lipinski definition) is 1. The van der Waals surface area contributed by atoms with Gasteiger partial charge in [0.05, 0.1) is 4.90 Å². The van der Waals surface area contributed by atoms with Gasteiger partial charge in [0.1, 0.15) is 0 Å². The molecule has 5 rings (SSSR count). The molecule has 4 fully saturated rings. The van der Waals surface area contributed by atoms with Gasteiger partial charge in [0.25, 0.3) is 10.0 Å². The standard InChI is InChI=1S/C20H28N2O2S/c1-3-19(20-11-15-8-16(12-20)10-17(9-15)13-20)21-22-25(23,24)18-6-4-14(2)5-7-18/h4-7,15-17,22H,3,8-13H2,1-2H3/b21-19-. The summed E-state index contributed by atoms with van der Waals surface area (Å²) in [6.07, 6.45) is 8.58. The van der Waals surface area contributed by atoms with Crippen LogP contribution in [0.1, 0.15) is 57.4 Å². The highest BCUT2D eigenvalue weighted by Gasteiger charge is 2.52. The van der Waals surface area contributed by atoms with Gasteiger partial charge in [-0.25, -0.2) is 4.83 Å². The number of benzene rings is 1. The van der Waals surface area contributed by atoms with Crippen molar-refractivity contribution in [2.45, 2.75) is 63.7 Å². The fourth-order valence-corrected chi connectivity index (χ4v) is 6.75. The monoisotopic (exact) mass is 360 g/mol. The molecule has 0 unspecified atom stereocenters. The molecule has 4 aliphatic carbocycles. The van der Waals surface area contributed by atoms with E-state index in [2.05, 4.69) is 16.9 Å². The number of sulfonamides is 1. The summed E-state index contributed by atoms with van der Waals surface area (Å²) >= 11 is 0. The fraction of sp³-hybridized carbons (Fsp3) is 0.650. The fourth-order valence-electron chi connectivity index (χ4n) is 5.92. The predicted octanol–water partition coefficient (Wildman–Crippen LogP) is 4.26. The van der Waals surface area contributed by atoms with E-state index < -0.39 is 10.0 Å². The van der Waals surface area contributed by atoms with Crippen LogP contribution >= 0.6 is 0 Å². The molecule has 0 aromatic heterocycles. The molecule has 4 aliphatic rings. The minimum Gasteiger partial charge on any atom is -0.200 e. The Morgan fingerprint density at radius 1 is 1.08 bits per heavy atom. The zero-order valence-electron chi connectivity index (χ0n) is 15.2. The van der Waals surface area contributed by atoms with E-state index in [1.165, 1.54) is 38.5 Å². The third-order valence-electron chi connectivity index (χ3n) is 6.62. The van der Waals surface area contributed by atoms with Gasteiger partial charge in [-0.2, -0.15) is 13.5 Å². The lowest BCUT2D eigenvalue weighted by Crippen LogP contribution is -2.50. The van der Waals surface area contributed by atoms with Gasteiger partial charge in [0.2, 0.25) is 0 Å². The van der Waals surface area contributed by atoms with Gasteiger partial charge in [-0.3, -0.25) is 0 Å². The van der Waals surface area contributed by atoms with E-state index in [1.54, 1.807) is 12.1 Å². The van der Waals surface area contributed by atoms with Gasteiger partial charge in [0, 0.05) is 11.1 Å². The first kappa shape index (κ1) is 17.1. The molecular weight excluding hydrogens is 332 g/mol. The summed E-state index contributed by atoms with van der Waals surface area (Å²) in [4.78, 5) is 2.81. The average molecular weight is 361 g/mol. The van der Waals surface area contributed by atoms with Crippen molar-refractivity contribution in [3.63, 3.8) is 0 Å². The molecule has 0 heterocycles. The van der Waals surface area contributed by atoms with E-state index in [0.717, 1.165) is 35.4 Å². The number of hydrazone groups is 1. The third kappa shape index (κ3) is 3.12. The molecule has 0 amide bonds. The molecular formula is C20H28N2O2S. The van der Waals surface area contributed by atoms with Crippen molar-refractivity contribution in [1.29, 1.82) is 0 Å². The normalized spacial score (nSPS) is 34.3. The minimum atomic E-state index is -3.59. The Balaban J connectivity index is 1.58. The highest BCUT2D eigenvalue weighted by molar-refractivity contribution is 7.89. The highest BCUT2D eigenvalue weighted by Crippen LogP contribution is 2.60. The van der Waals surface area contributed by atoms with Gasteiger partial charge in [0.15, 0.2) is 0 Å². The lowest BCUT2D eigenvalue weighted by Gasteiger charge is -2.57. The first-order valence-corrected chi connectivity index (χ1v) is 11.0. The summed E-state index contributed by atoms with van der Waals surface area (Å²) in [7, 11) is -3.59. The van der Waals surface area contributed by atoms with Crippen LogP contribution in [0.5, 0.6) is 0 Å². The number of aryl methyl sites for hydroxylation is 1. The van der Waals surface area contributed by atoms with Gasteiger partial charge >= 0.3 is 0 Å². The topological polar surface area (TPSA) is 58.5 Å². The van der Waals surface area contributed by atoms with Crippen molar-refractivity contribution >= 4 is 15.7 Å². The van der Waals surface area contributed by atoms with Crippen molar-refractivity contribution in [2.75, 3.05) is 0 Å². The zero-order chi connectivity index (χ0) is 17.7. The number of hydrogen-bond acceptors (Lipinski definition) is 3. The Morgan fingerprint density at radius 3 is 2.08 bits per heavy atom. The Hall–Kier alpha value is -1.36. The molecule has 4 nitrogen and oxygen atoms in total. The summed E-state index contributed by atoms with van der Waals surface area (Å²) in [5.74, 6) is 2.49. The minimum absolute atomic E-state index is 0.152. The van der Waals surface area contributed by atoms with Crippen LogP contribution in [0.3, 0.4) is 0 Å². The van der Waals surface area contributed by atoms with E-state index in [0.29, 0.717) is 0 Å². The second-order valence-electron chi connectivity index (χ2n) is 8.52. The maximum Gasteiger partial charge on any atom is 0.276 e. The molecule has 4 saturated carbocycles. The van der Waals surface area contributed by atoms with E-state index >= 15 is 0 Å². The summed E-state index contributed by atoms with van der Waals surface area (Å²) in [6.45, 7) is 4.06. The van der Waals surface area contributed by atoms with Crippen LogP contribution in [0.4, 0.5) is 0 Å². The summed E-state index contributed by atoms with van der Waals surface area (Å²) in [5.41, 5.74) is 2.27. The quantitative estimate of drug-likeness (QED) is 0.630. The second kappa shape index (κ2) is 6.11. The van der Waals surface area contributed by atoms with Gasteiger partial charge in [-0.05, 0) is 81.8 Å². The molecule has 0 saturated heterocycles. The van der Waals surface area contributed by atoms with Crippen molar-refractivity contribution in [3.8, 4) is 0 Å². The molecule has 1 N–H and O–H groups in total. The van der Waals surface area contributed by atoms with Crippen molar-refractivity contribution in [3.05, 3.63) is 29.8 Å². The zero-order valence-corrected chi connectivity index (χ0v) is 16.0. The van der Waals surface area contributed by atoms with Crippen LogP contribution in [0, 0.1) is 30.1 Å². The molecule has 0 spiro atoms. The van der Waals surface area contributed by atoms with Crippen LogP contribution < -0.4 is 4.83 Å². The SMILES string of the molecule is CC/C(=N/NS(=O)(=O)c1ccc(C)cc1)C12CC3CC(CC(C3)C1)C2. The molecule has 0 aliphatic heterocycles. The molecule has 5 heteroatoms. The first-order valence-electron chi connectivity index (χ1n) is 9.56. The second-order valence-corrected chi connectivity index (χ2v) is 10.2. The van der Waals surface area contributed by atoms with E-state index in [-0.39, 0.29) is 10.3 Å². The molecule has 1 aromatic rings. The maximum atomic E-state index is 12.6. The Labute approximate surface area is 151 Å². The van der Waals surface area contributed by atoms with Crippen LogP contribution in [-0.2, 0) is 10.0 Å². The third-order valence-corrected chi connectivity index (χ3v) is 7.84. The van der Waals surface area contributed by atoms with Crippen molar-refractivity contribution in [1.82, 2.24) is 4.83 Å². The van der Waals surface area contributed by atoms with Crippen LogP contribution in [0.2, 0.25) is 0 Å². The lowest BCUT2D eigenvalue weighted by molar-refractivity contribution is -0.0134. The summed E-state index contributed by atoms with van der Waals surface area (Å²) in [6, 6.07) is 6.92. The van der Waals surface area contributed by atoms with Gasteiger partial charge in [-0.1, -0.05) is 24.6 Å². The molecule has 136 valence electrons. The van der Waals surface area contributed by atoms with E-state index in [4.69, 9.17) is 0 Å². The molecule has 25 heavy (non-hydrogen) atoms. The molecule has 0 atom stereocenters. The Morgan fingerprint density at radius 2 is 1.60 bits per heavy atom. The summed E-state index contributed by atoms with van der Waals surface area (Å²) < 4.78 is 25.1. The van der Waals surface area contributed by atoms with Gasteiger partial charge < -0.3 is 0 Å². The smallest absolute Gasteiger partial charge is 0.200 e.